The van der Waals surface area contributed by atoms with Crippen LogP contribution in [0.1, 0.15) is 58.8 Å². The van der Waals surface area contributed by atoms with Gasteiger partial charge in [-0.05, 0) is 24.7 Å². The summed E-state index contributed by atoms with van der Waals surface area (Å²) < 4.78 is 0. The molecule has 0 aromatic heterocycles. The molecule has 0 nitrogen and oxygen atoms in total. The second-order valence-electron chi connectivity index (χ2n) is 4.60. The molecule has 0 unspecified atom stereocenters. The first-order valence-corrected chi connectivity index (χ1v) is 5.62. The molecular formula is C12H23. The molecule has 0 aliphatic heterocycles. The fourth-order valence-corrected chi connectivity index (χ4v) is 2.04. The van der Waals surface area contributed by atoms with Crippen molar-refractivity contribution in [2.75, 3.05) is 0 Å². The maximum atomic E-state index is 2.58. The fraction of sp³-hybridized carbons (Fsp3) is 0.917. The Hall–Kier alpha value is 0. The van der Waals surface area contributed by atoms with Crippen LogP contribution in [0.3, 0.4) is 0 Å². The zero-order chi connectivity index (χ0) is 8.81. The van der Waals surface area contributed by atoms with E-state index in [1.165, 1.54) is 44.9 Å². The lowest BCUT2D eigenvalue weighted by Crippen LogP contribution is -2.07. The molecule has 0 aromatic rings. The smallest absolute Gasteiger partial charge is 0.0355 e. The molecule has 0 aromatic carbocycles. The van der Waals surface area contributed by atoms with Crippen molar-refractivity contribution in [1.82, 2.24) is 0 Å². The van der Waals surface area contributed by atoms with E-state index in [0.29, 0.717) is 0 Å². The molecule has 1 aliphatic carbocycles. The van der Waals surface area contributed by atoms with Gasteiger partial charge in [0.1, 0.15) is 0 Å². The van der Waals surface area contributed by atoms with Gasteiger partial charge < -0.3 is 0 Å². The molecule has 0 heteroatoms. The molecule has 0 atom stereocenters. The van der Waals surface area contributed by atoms with E-state index in [-0.39, 0.29) is 0 Å². The van der Waals surface area contributed by atoms with E-state index in [9.17, 15) is 0 Å². The minimum Gasteiger partial charge on any atom is -0.0628 e. The summed E-state index contributed by atoms with van der Waals surface area (Å²) in [5, 5.41) is 0. The topological polar surface area (TPSA) is 0 Å². The third kappa shape index (κ3) is 4.13. The van der Waals surface area contributed by atoms with Gasteiger partial charge in [-0.15, -0.1) is 0 Å². The van der Waals surface area contributed by atoms with Crippen molar-refractivity contribution in [1.29, 1.82) is 0 Å². The third-order valence-electron chi connectivity index (χ3n) is 2.89. The fourth-order valence-electron chi connectivity index (χ4n) is 2.04. The Labute approximate surface area is 77.7 Å². The molecule has 1 rings (SSSR count). The molecule has 1 fully saturated rings. The van der Waals surface area contributed by atoms with Crippen molar-refractivity contribution >= 4 is 0 Å². The molecule has 1 radical (unpaired) electrons. The number of hydrogen-bond donors (Lipinski definition) is 0. The normalized spacial score (nSPS) is 20.2. The van der Waals surface area contributed by atoms with Crippen LogP contribution in [0.4, 0.5) is 0 Å². The molecule has 12 heavy (non-hydrogen) atoms. The summed E-state index contributed by atoms with van der Waals surface area (Å²) in [6.07, 6.45) is 12.7. The summed E-state index contributed by atoms with van der Waals surface area (Å²) in [4.78, 5) is 0. The summed E-state index contributed by atoms with van der Waals surface area (Å²) in [7, 11) is 0. The highest BCUT2D eigenvalue weighted by Crippen LogP contribution is 2.27. The lowest BCUT2D eigenvalue weighted by molar-refractivity contribution is 0.383. The van der Waals surface area contributed by atoms with Crippen LogP contribution in [0.25, 0.3) is 0 Å². The lowest BCUT2D eigenvalue weighted by atomic mass is 9.85. The summed E-state index contributed by atoms with van der Waals surface area (Å²) in [5.74, 6) is 1.85. The van der Waals surface area contributed by atoms with Gasteiger partial charge in [-0.2, -0.15) is 0 Å². The largest absolute Gasteiger partial charge is 0.0628 e. The first-order chi connectivity index (χ1) is 5.79. The molecule has 0 bridgehead atoms. The number of rotatable bonds is 4. The first kappa shape index (κ1) is 10.1. The quantitative estimate of drug-likeness (QED) is 0.588. The molecule has 1 saturated carbocycles. The summed E-state index contributed by atoms with van der Waals surface area (Å²) in [6.45, 7) is 4.63. The predicted octanol–water partition coefficient (Wildman–Crippen LogP) is 4.21. The average molecular weight is 167 g/mol. The van der Waals surface area contributed by atoms with Gasteiger partial charge in [-0.1, -0.05) is 52.4 Å². The molecule has 0 N–H and O–H groups in total. The first-order valence-electron chi connectivity index (χ1n) is 5.62. The van der Waals surface area contributed by atoms with Crippen LogP contribution in [0, 0.1) is 18.3 Å². The molecule has 0 saturated heterocycles. The minimum atomic E-state index is 0.879. The van der Waals surface area contributed by atoms with E-state index in [1.54, 1.807) is 0 Å². The summed E-state index contributed by atoms with van der Waals surface area (Å²) in [6, 6.07) is 0. The average Bonchev–Trinajstić information content (AvgIpc) is 2.05. The van der Waals surface area contributed by atoms with Gasteiger partial charge in [0.15, 0.2) is 0 Å². The molecule has 0 amide bonds. The van der Waals surface area contributed by atoms with E-state index < -0.39 is 0 Å². The highest BCUT2D eigenvalue weighted by Gasteiger charge is 2.12. The van der Waals surface area contributed by atoms with Crippen molar-refractivity contribution in [2.45, 2.75) is 58.8 Å². The predicted molar refractivity (Wildman–Crippen MR) is 54.9 cm³/mol. The van der Waals surface area contributed by atoms with Gasteiger partial charge in [-0.25, -0.2) is 0 Å². The summed E-state index contributed by atoms with van der Waals surface area (Å²) >= 11 is 0. The van der Waals surface area contributed by atoms with E-state index in [2.05, 4.69) is 20.3 Å². The maximum absolute atomic E-state index is 2.58. The van der Waals surface area contributed by atoms with Gasteiger partial charge in [0.05, 0.1) is 0 Å². The Kier molecular flexibility index (Phi) is 4.72. The molecule has 0 spiro atoms. The molecular weight excluding hydrogens is 144 g/mol. The van der Waals surface area contributed by atoms with Gasteiger partial charge in [0, 0.05) is 0 Å². The third-order valence-corrected chi connectivity index (χ3v) is 2.89. The van der Waals surface area contributed by atoms with E-state index in [4.69, 9.17) is 0 Å². The minimum absolute atomic E-state index is 0.879. The molecule has 71 valence electrons. The SMILES string of the molecule is CC(C)CC[CH]C1CCCCC1. The van der Waals surface area contributed by atoms with Gasteiger partial charge in [-0.3, -0.25) is 0 Å². The molecule has 0 heterocycles. The van der Waals surface area contributed by atoms with Crippen LogP contribution >= 0.6 is 0 Å². The van der Waals surface area contributed by atoms with Crippen LogP contribution in [-0.4, -0.2) is 0 Å². The highest BCUT2D eigenvalue weighted by atomic mass is 14.2. The Bertz CT molecular complexity index is 98.6. The van der Waals surface area contributed by atoms with Crippen LogP contribution < -0.4 is 0 Å². The number of hydrogen-bond acceptors (Lipinski definition) is 0. The van der Waals surface area contributed by atoms with E-state index >= 15 is 0 Å². The van der Waals surface area contributed by atoms with Crippen molar-refractivity contribution in [2.24, 2.45) is 11.8 Å². The van der Waals surface area contributed by atoms with Crippen LogP contribution in [-0.2, 0) is 0 Å². The monoisotopic (exact) mass is 167 g/mol. The lowest BCUT2D eigenvalue weighted by Gasteiger charge is -2.21. The van der Waals surface area contributed by atoms with Gasteiger partial charge in [0.25, 0.3) is 0 Å². The van der Waals surface area contributed by atoms with Crippen molar-refractivity contribution < 1.29 is 0 Å². The Morgan fingerprint density at radius 2 is 1.83 bits per heavy atom. The second-order valence-corrected chi connectivity index (χ2v) is 4.60. The van der Waals surface area contributed by atoms with Crippen molar-refractivity contribution in [3.63, 3.8) is 0 Å². The van der Waals surface area contributed by atoms with Crippen LogP contribution in [0.5, 0.6) is 0 Å². The maximum Gasteiger partial charge on any atom is -0.0355 e. The zero-order valence-corrected chi connectivity index (χ0v) is 8.68. The Balaban J connectivity index is 1.98. The van der Waals surface area contributed by atoms with E-state index in [0.717, 1.165) is 11.8 Å². The Morgan fingerprint density at radius 3 is 2.42 bits per heavy atom. The standard InChI is InChI=1S/C12H23/c1-11(2)7-6-10-12-8-4-3-5-9-12/h10-12H,3-9H2,1-2H3. The highest BCUT2D eigenvalue weighted by molar-refractivity contribution is 4.79. The van der Waals surface area contributed by atoms with Crippen LogP contribution in [0.15, 0.2) is 0 Å². The Morgan fingerprint density at radius 1 is 1.17 bits per heavy atom. The van der Waals surface area contributed by atoms with Crippen LogP contribution in [0.2, 0.25) is 0 Å². The second kappa shape index (κ2) is 5.61. The van der Waals surface area contributed by atoms with Gasteiger partial charge in [0.2, 0.25) is 0 Å². The van der Waals surface area contributed by atoms with Crippen molar-refractivity contribution in [3.8, 4) is 0 Å². The summed E-state index contributed by atoms with van der Waals surface area (Å²) in [5.41, 5.74) is 0. The van der Waals surface area contributed by atoms with Gasteiger partial charge >= 0.3 is 0 Å². The zero-order valence-electron chi connectivity index (χ0n) is 8.68. The van der Waals surface area contributed by atoms with Crippen molar-refractivity contribution in [3.05, 3.63) is 6.42 Å². The molecule has 1 aliphatic rings. The van der Waals surface area contributed by atoms with E-state index in [1.807, 2.05) is 0 Å².